The van der Waals surface area contributed by atoms with Crippen LogP contribution in [0.4, 0.5) is 4.79 Å². The number of carboxylic acid groups (broad SMARTS) is 2. The fourth-order valence-corrected chi connectivity index (χ4v) is 3.44. The summed E-state index contributed by atoms with van der Waals surface area (Å²) in [7, 11) is 0. The molecular formula is C13H19NO7. The molecule has 8 heteroatoms. The van der Waals surface area contributed by atoms with Crippen molar-refractivity contribution in [1.29, 1.82) is 0 Å². The van der Waals surface area contributed by atoms with Gasteiger partial charge in [0.05, 0.1) is 30.1 Å². The number of hydrogen-bond donors (Lipinski definition) is 4. The number of nitrogens with one attached hydrogen (secondary N) is 1. The van der Waals surface area contributed by atoms with Gasteiger partial charge in [-0.3, -0.25) is 9.59 Å². The standard InChI is InChI=1S/C13H19NO7/c1-2-3-4-21-12(20)14-13-6(10(16)17)5-7(15)8(13)9(13)11(18)19/h6-9,15H,2-5H2,1H3,(H,14,20)(H,16,17)(H,18,19). The number of aliphatic carboxylic acids is 2. The summed E-state index contributed by atoms with van der Waals surface area (Å²) in [6.45, 7) is 2.10. The molecule has 2 rings (SSSR count). The molecule has 0 aromatic rings. The summed E-state index contributed by atoms with van der Waals surface area (Å²) in [5.41, 5.74) is -1.44. The number of hydrogen-bond acceptors (Lipinski definition) is 5. The number of alkyl carbamates (subject to hydrolysis) is 1. The molecule has 2 aliphatic carbocycles. The molecule has 4 N–H and O–H groups in total. The van der Waals surface area contributed by atoms with Gasteiger partial charge in [0.1, 0.15) is 0 Å². The number of ether oxygens (including phenoxy) is 1. The van der Waals surface area contributed by atoms with E-state index in [4.69, 9.17) is 4.74 Å². The van der Waals surface area contributed by atoms with Crippen LogP contribution < -0.4 is 5.32 Å². The third-order valence-electron chi connectivity index (χ3n) is 4.40. The predicted octanol–water partition coefficient (Wildman–Crippen LogP) is 0.0475. The van der Waals surface area contributed by atoms with Crippen LogP contribution in [0.25, 0.3) is 0 Å². The van der Waals surface area contributed by atoms with E-state index in [1.807, 2.05) is 6.92 Å². The Morgan fingerprint density at radius 1 is 1.29 bits per heavy atom. The summed E-state index contributed by atoms with van der Waals surface area (Å²) < 4.78 is 4.91. The van der Waals surface area contributed by atoms with E-state index < -0.39 is 47.4 Å². The maximum atomic E-state index is 11.7. The van der Waals surface area contributed by atoms with Gasteiger partial charge in [-0.15, -0.1) is 0 Å². The van der Waals surface area contributed by atoms with Crippen molar-refractivity contribution in [3.63, 3.8) is 0 Å². The largest absolute Gasteiger partial charge is 0.481 e. The number of unbranched alkanes of at least 4 members (excludes halogenated alkanes) is 1. The highest BCUT2D eigenvalue weighted by Gasteiger charge is 2.80. The molecule has 8 nitrogen and oxygen atoms in total. The van der Waals surface area contributed by atoms with Crippen molar-refractivity contribution in [2.45, 2.75) is 37.8 Å². The van der Waals surface area contributed by atoms with E-state index in [-0.39, 0.29) is 13.0 Å². The van der Waals surface area contributed by atoms with Crippen molar-refractivity contribution in [2.75, 3.05) is 6.61 Å². The summed E-state index contributed by atoms with van der Waals surface area (Å²) in [5, 5.41) is 30.6. The van der Waals surface area contributed by atoms with Crippen LogP contribution in [0.3, 0.4) is 0 Å². The van der Waals surface area contributed by atoms with E-state index in [1.165, 1.54) is 0 Å². The average Bonchev–Trinajstić information content (AvgIpc) is 2.96. The molecule has 118 valence electrons. The predicted molar refractivity (Wildman–Crippen MR) is 68.5 cm³/mol. The first-order valence-electron chi connectivity index (χ1n) is 6.94. The Morgan fingerprint density at radius 3 is 2.43 bits per heavy atom. The number of fused-ring (bicyclic) bond motifs is 1. The van der Waals surface area contributed by atoms with E-state index in [0.717, 1.165) is 6.42 Å². The number of carbonyl (C=O) groups excluding carboxylic acids is 1. The molecular weight excluding hydrogens is 282 g/mol. The SMILES string of the molecule is CCCCOC(=O)NC12C(C(=O)O)CC(O)C1C2C(=O)O. The minimum atomic E-state index is -1.44. The third kappa shape index (κ3) is 2.44. The van der Waals surface area contributed by atoms with Crippen LogP contribution >= 0.6 is 0 Å². The van der Waals surface area contributed by atoms with Crippen molar-refractivity contribution in [2.24, 2.45) is 17.8 Å². The molecule has 5 unspecified atom stereocenters. The second kappa shape index (κ2) is 5.51. The van der Waals surface area contributed by atoms with Crippen LogP contribution in [0.1, 0.15) is 26.2 Å². The van der Waals surface area contributed by atoms with Gasteiger partial charge in [-0.25, -0.2) is 4.79 Å². The third-order valence-corrected chi connectivity index (χ3v) is 4.40. The first-order valence-corrected chi connectivity index (χ1v) is 6.94. The van der Waals surface area contributed by atoms with E-state index in [0.29, 0.717) is 6.42 Å². The Hall–Kier alpha value is -1.83. The highest BCUT2D eigenvalue weighted by Crippen LogP contribution is 2.64. The lowest BCUT2D eigenvalue weighted by Gasteiger charge is -2.22. The fraction of sp³-hybridized carbons (Fsp3) is 0.769. The van der Waals surface area contributed by atoms with Gasteiger partial charge in [-0.1, -0.05) is 13.3 Å². The molecule has 5 atom stereocenters. The van der Waals surface area contributed by atoms with Crippen molar-refractivity contribution < 1.29 is 34.4 Å². The normalized spacial score (nSPS) is 36.7. The Balaban J connectivity index is 2.13. The molecule has 2 saturated carbocycles. The smallest absolute Gasteiger partial charge is 0.407 e. The summed E-state index contributed by atoms with van der Waals surface area (Å²) in [5.74, 6) is -5.46. The Labute approximate surface area is 121 Å². The molecule has 0 heterocycles. The summed E-state index contributed by atoms with van der Waals surface area (Å²) in [6, 6.07) is 0. The number of carboxylic acids is 2. The molecule has 0 aromatic heterocycles. The van der Waals surface area contributed by atoms with Crippen LogP contribution in [0.5, 0.6) is 0 Å². The number of carbonyl (C=O) groups is 3. The van der Waals surface area contributed by atoms with E-state index in [2.05, 4.69) is 5.32 Å². The van der Waals surface area contributed by atoms with Gasteiger partial charge in [0.25, 0.3) is 0 Å². The van der Waals surface area contributed by atoms with Gasteiger partial charge in [-0.05, 0) is 12.8 Å². The first-order chi connectivity index (χ1) is 9.86. The molecule has 21 heavy (non-hydrogen) atoms. The summed E-state index contributed by atoms with van der Waals surface area (Å²) >= 11 is 0. The van der Waals surface area contributed by atoms with Crippen LogP contribution in [-0.2, 0) is 14.3 Å². The molecule has 0 bridgehead atoms. The second-order valence-corrected chi connectivity index (χ2v) is 5.58. The monoisotopic (exact) mass is 301 g/mol. The lowest BCUT2D eigenvalue weighted by Crippen LogP contribution is -2.47. The van der Waals surface area contributed by atoms with E-state index >= 15 is 0 Å². The summed E-state index contributed by atoms with van der Waals surface area (Å²) in [6.07, 6.45) is -0.466. The Bertz CT molecular complexity index is 465. The molecule has 2 aliphatic rings. The zero-order valence-electron chi connectivity index (χ0n) is 11.6. The maximum Gasteiger partial charge on any atom is 0.407 e. The van der Waals surface area contributed by atoms with Crippen molar-refractivity contribution in [3.05, 3.63) is 0 Å². The van der Waals surface area contributed by atoms with E-state index in [1.54, 1.807) is 0 Å². The Morgan fingerprint density at radius 2 is 1.95 bits per heavy atom. The maximum absolute atomic E-state index is 11.7. The van der Waals surface area contributed by atoms with Gasteiger partial charge >= 0.3 is 18.0 Å². The lowest BCUT2D eigenvalue weighted by molar-refractivity contribution is -0.145. The zero-order chi connectivity index (χ0) is 15.8. The quantitative estimate of drug-likeness (QED) is 0.509. The van der Waals surface area contributed by atoms with Gasteiger partial charge in [0, 0.05) is 5.92 Å². The number of rotatable bonds is 6. The molecule has 0 aromatic carbocycles. The topological polar surface area (TPSA) is 133 Å². The van der Waals surface area contributed by atoms with Crippen LogP contribution in [-0.4, -0.2) is 51.6 Å². The molecule has 0 radical (unpaired) electrons. The highest BCUT2D eigenvalue weighted by molar-refractivity contribution is 5.86. The summed E-state index contributed by atoms with van der Waals surface area (Å²) in [4.78, 5) is 34.3. The first kappa shape index (κ1) is 15.6. The molecule has 2 fully saturated rings. The van der Waals surface area contributed by atoms with Crippen LogP contribution in [0.2, 0.25) is 0 Å². The van der Waals surface area contributed by atoms with Crippen LogP contribution in [0.15, 0.2) is 0 Å². The molecule has 1 amide bonds. The lowest BCUT2D eigenvalue weighted by atomic mass is 9.94. The number of amides is 1. The van der Waals surface area contributed by atoms with Gasteiger partial charge in [0.15, 0.2) is 0 Å². The van der Waals surface area contributed by atoms with Crippen molar-refractivity contribution in [3.8, 4) is 0 Å². The van der Waals surface area contributed by atoms with Crippen LogP contribution in [0, 0.1) is 17.8 Å². The van der Waals surface area contributed by atoms with Crippen molar-refractivity contribution in [1.82, 2.24) is 5.32 Å². The second-order valence-electron chi connectivity index (χ2n) is 5.58. The van der Waals surface area contributed by atoms with E-state index in [9.17, 15) is 29.7 Å². The van der Waals surface area contributed by atoms with Crippen molar-refractivity contribution >= 4 is 18.0 Å². The Kier molecular flexibility index (Phi) is 4.08. The van der Waals surface area contributed by atoms with Gasteiger partial charge < -0.3 is 25.4 Å². The molecule has 0 saturated heterocycles. The zero-order valence-corrected chi connectivity index (χ0v) is 11.6. The average molecular weight is 301 g/mol. The number of aliphatic hydroxyl groups excluding tert-OH is 1. The van der Waals surface area contributed by atoms with Gasteiger partial charge in [-0.2, -0.15) is 0 Å². The highest BCUT2D eigenvalue weighted by atomic mass is 16.5. The van der Waals surface area contributed by atoms with Gasteiger partial charge in [0.2, 0.25) is 0 Å². The minimum absolute atomic E-state index is 0.0704. The molecule has 0 spiro atoms. The number of aliphatic hydroxyl groups is 1. The molecule has 0 aliphatic heterocycles. The fourth-order valence-electron chi connectivity index (χ4n) is 3.44. The minimum Gasteiger partial charge on any atom is -0.481 e.